The molecule has 45 heavy (non-hydrogen) atoms. The Morgan fingerprint density at radius 3 is 2.07 bits per heavy atom. The van der Waals surface area contributed by atoms with Crippen LogP contribution in [0, 0.1) is 39.4 Å². The van der Waals surface area contributed by atoms with Gasteiger partial charge in [-0.2, -0.15) is 0 Å². The molecule has 0 radical (unpaired) electrons. The number of hydrogen-bond acceptors (Lipinski definition) is 8. The molecule has 2 saturated carbocycles. The maximum absolute atomic E-state index is 12.6. The van der Waals surface area contributed by atoms with Crippen LogP contribution in [0.2, 0.25) is 0 Å². The Balaban J connectivity index is 1.81. The lowest BCUT2D eigenvalue weighted by atomic mass is 9.42. The molecule has 0 aromatic carbocycles. The normalized spacial score (nSPS) is 38.6. The van der Waals surface area contributed by atoms with Crippen LogP contribution >= 0.6 is 0 Å². The first kappa shape index (κ1) is 35.2. The monoisotopic (exact) mass is 630 g/mol. The van der Waals surface area contributed by atoms with Gasteiger partial charge >= 0.3 is 23.9 Å². The molecule has 9 nitrogen and oxygen atoms in total. The van der Waals surface area contributed by atoms with Crippen LogP contribution in [0.25, 0.3) is 0 Å². The average Bonchev–Trinajstić information content (AvgIpc) is 3.15. The van der Waals surface area contributed by atoms with E-state index in [1.54, 1.807) is 6.08 Å². The van der Waals surface area contributed by atoms with E-state index in [0.29, 0.717) is 12.8 Å². The number of ether oxygens (including phenoxy) is 3. The van der Waals surface area contributed by atoms with Crippen LogP contribution in [-0.2, 0) is 33.4 Å². The summed E-state index contributed by atoms with van der Waals surface area (Å²) in [5.74, 6) is -2.25. The molecular weight excluding hydrogens is 576 g/mol. The lowest BCUT2D eigenvalue weighted by molar-refractivity contribution is -0.171. The van der Waals surface area contributed by atoms with Crippen molar-refractivity contribution in [1.82, 2.24) is 0 Å². The minimum absolute atomic E-state index is 0.0438. The molecule has 0 amide bonds. The topological polar surface area (TPSA) is 136 Å². The van der Waals surface area contributed by atoms with Crippen molar-refractivity contribution in [3.05, 3.63) is 22.8 Å². The fourth-order valence-corrected chi connectivity index (χ4v) is 10.5. The SMILES string of the molecule is CC(=O)O[C@@H](C/C=C(\C)C(=O)O)[C@H](C)[C@@H]1C[C@H](OC(C)=O)[C@]2(C)C3=C(CC[C@]12C)[C@@]1(C)CC[C@@H](OC(C)=O)C(C)(C)[C@H]1C[C@H]3O. The van der Waals surface area contributed by atoms with Crippen molar-refractivity contribution in [2.75, 3.05) is 0 Å². The zero-order valence-electron chi connectivity index (χ0n) is 28.8. The number of carboxylic acid groups (broad SMARTS) is 1. The first-order valence-corrected chi connectivity index (χ1v) is 16.6. The number of aliphatic hydroxyl groups excluding tert-OH is 1. The van der Waals surface area contributed by atoms with E-state index in [1.807, 2.05) is 6.92 Å². The molecule has 0 spiro atoms. The number of carbonyl (C=O) groups excluding carboxylic acids is 3. The zero-order valence-corrected chi connectivity index (χ0v) is 28.8. The highest BCUT2D eigenvalue weighted by Crippen LogP contribution is 2.73. The highest BCUT2D eigenvalue weighted by molar-refractivity contribution is 5.85. The van der Waals surface area contributed by atoms with Crippen LogP contribution < -0.4 is 0 Å². The number of allylic oxidation sites excluding steroid dienone is 1. The maximum Gasteiger partial charge on any atom is 0.330 e. The first-order valence-electron chi connectivity index (χ1n) is 16.6. The Kier molecular flexibility index (Phi) is 9.51. The molecule has 10 atom stereocenters. The third-order valence-electron chi connectivity index (χ3n) is 12.9. The molecular formula is C36H54O9. The fourth-order valence-electron chi connectivity index (χ4n) is 10.5. The number of esters is 3. The highest BCUT2D eigenvalue weighted by Gasteiger charge is 2.69. The van der Waals surface area contributed by atoms with E-state index in [9.17, 15) is 29.4 Å². The average molecular weight is 631 g/mol. The van der Waals surface area contributed by atoms with Gasteiger partial charge in [0, 0.05) is 43.6 Å². The molecule has 0 saturated heterocycles. The summed E-state index contributed by atoms with van der Waals surface area (Å²) in [5, 5.41) is 21.6. The van der Waals surface area contributed by atoms with Gasteiger partial charge in [-0.3, -0.25) is 14.4 Å². The van der Waals surface area contributed by atoms with Crippen molar-refractivity contribution in [2.24, 2.45) is 39.4 Å². The van der Waals surface area contributed by atoms with Gasteiger partial charge in [0.2, 0.25) is 0 Å². The smallest absolute Gasteiger partial charge is 0.330 e. The molecule has 2 N–H and O–H groups in total. The summed E-state index contributed by atoms with van der Waals surface area (Å²) in [6, 6.07) is 0. The number of hydrogen-bond donors (Lipinski definition) is 2. The van der Waals surface area contributed by atoms with E-state index in [2.05, 4.69) is 34.6 Å². The number of aliphatic carboxylic acids is 1. The van der Waals surface area contributed by atoms with Crippen molar-refractivity contribution >= 4 is 23.9 Å². The van der Waals surface area contributed by atoms with Gasteiger partial charge in [-0.1, -0.05) is 53.2 Å². The summed E-state index contributed by atoms with van der Waals surface area (Å²) in [4.78, 5) is 48.3. The summed E-state index contributed by atoms with van der Waals surface area (Å²) < 4.78 is 17.8. The molecule has 0 unspecified atom stereocenters. The molecule has 4 rings (SSSR count). The van der Waals surface area contributed by atoms with Crippen molar-refractivity contribution in [3.8, 4) is 0 Å². The summed E-state index contributed by atoms with van der Waals surface area (Å²) in [6.45, 7) is 18.8. The molecule has 0 bridgehead atoms. The van der Waals surface area contributed by atoms with Gasteiger partial charge in [0.15, 0.2) is 0 Å². The number of rotatable bonds is 8. The van der Waals surface area contributed by atoms with E-state index in [-0.39, 0.29) is 58.6 Å². The second-order valence-electron chi connectivity index (χ2n) is 15.6. The second-order valence-corrected chi connectivity index (χ2v) is 15.6. The minimum Gasteiger partial charge on any atom is -0.478 e. The van der Waals surface area contributed by atoms with Gasteiger partial charge in [-0.05, 0) is 79.6 Å². The van der Waals surface area contributed by atoms with Gasteiger partial charge in [0.25, 0.3) is 0 Å². The minimum atomic E-state index is -1.02. The Morgan fingerprint density at radius 2 is 1.51 bits per heavy atom. The number of carboxylic acids is 1. The Hall–Kier alpha value is -2.68. The van der Waals surface area contributed by atoms with Crippen LogP contribution in [0.5, 0.6) is 0 Å². The summed E-state index contributed by atoms with van der Waals surface area (Å²) in [7, 11) is 0. The largest absolute Gasteiger partial charge is 0.478 e. The highest BCUT2D eigenvalue weighted by atomic mass is 16.6. The van der Waals surface area contributed by atoms with Gasteiger partial charge in [0.05, 0.1) is 6.10 Å². The Labute approximate surface area is 268 Å². The summed E-state index contributed by atoms with van der Waals surface area (Å²) >= 11 is 0. The van der Waals surface area contributed by atoms with Crippen molar-refractivity contribution in [2.45, 2.75) is 139 Å². The molecule has 4 aliphatic carbocycles. The van der Waals surface area contributed by atoms with E-state index in [1.165, 1.54) is 33.3 Å². The summed E-state index contributed by atoms with van der Waals surface area (Å²) in [6.07, 6.45) is 4.04. The molecule has 0 aromatic rings. The van der Waals surface area contributed by atoms with Crippen LogP contribution in [0.4, 0.5) is 0 Å². The predicted molar refractivity (Wildman–Crippen MR) is 168 cm³/mol. The number of fused-ring (bicyclic) bond motifs is 4. The molecule has 0 heterocycles. The third kappa shape index (κ3) is 5.76. The molecule has 0 aromatic heterocycles. The van der Waals surface area contributed by atoms with Crippen molar-refractivity contribution < 1.29 is 43.6 Å². The molecule has 4 aliphatic rings. The lowest BCUT2D eigenvalue weighted by Gasteiger charge is -2.63. The second kappa shape index (κ2) is 12.2. The van der Waals surface area contributed by atoms with Gasteiger partial charge in [0.1, 0.15) is 18.3 Å². The van der Waals surface area contributed by atoms with Gasteiger partial charge in [-0.15, -0.1) is 0 Å². The van der Waals surface area contributed by atoms with Crippen LogP contribution in [0.3, 0.4) is 0 Å². The lowest BCUT2D eigenvalue weighted by Crippen LogP contribution is -2.60. The van der Waals surface area contributed by atoms with Crippen LogP contribution in [-0.4, -0.2) is 58.5 Å². The predicted octanol–water partition coefficient (Wildman–Crippen LogP) is 6.17. The van der Waals surface area contributed by atoms with E-state index < -0.39 is 41.1 Å². The Morgan fingerprint density at radius 1 is 0.911 bits per heavy atom. The third-order valence-corrected chi connectivity index (χ3v) is 12.9. The quantitative estimate of drug-likeness (QED) is 0.140. The fraction of sp³-hybridized carbons (Fsp3) is 0.778. The number of aliphatic hydroxyl groups is 1. The van der Waals surface area contributed by atoms with Gasteiger partial charge < -0.3 is 24.4 Å². The molecule has 252 valence electrons. The zero-order chi connectivity index (χ0) is 33.9. The molecule has 2 fully saturated rings. The molecule has 9 heteroatoms. The van der Waals surface area contributed by atoms with Crippen LogP contribution in [0.15, 0.2) is 22.8 Å². The maximum atomic E-state index is 12.6. The molecule has 0 aliphatic heterocycles. The summed E-state index contributed by atoms with van der Waals surface area (Å²) in [5.41, 5.74) is 0.772. The van der Waals surface area contributed by atoms with Gasteiger partial charge in [-0.25, -0.2) is 4.79 Å². The Bertz CT molecular complexity index is 1290. The van der Waals surface area contributed by atoms with Crippen LogP contribution in [0.1, 0.15) is 114 Å². The van der Waals surface area contributed by atoms with E-state index in [0.717, 1.165) is 31.3 Å². The number of carbonyl (C=O) groups is 4. The van der Waals surface area contributed by atoms with Crippen molar-refractivity contribution in [3.63, 3.8) is 0 Å². The van der Waals surface area contributed by atoms with Crippen molar-refractivity contribution in [1.29, 1.82) is 0 Å². The first-order chi connectivity index (χ1) is 20.7. The van der Waals surface area contributed by atoms with E-state index >= 15 is 0 Å². The standard InChI is InChI=1S/C36H54O9/c1-19(32(41)42)11-12-27(43-21(3)37)20(2)25-17-30(45-23(5)39)36(10)31-24(13-16-35(25,36)9)34(8)15-14-29(44-22(4)38)33(6,7)28(34)18-26(31)40/h11,20,25-30,40H,12-18H2,1-10H3,(H,41,42)/b19-11+/t20-,25+,26-,27+,28-,29-,30+,34-,35-,36-/m1/s1. The van der Waals surface area contributed by atoms with E-state index in [4.69, 9.17) is 14.2 Å².